The van der Waals surface area contributed by atoms with E-state index in [0.717, 1.165) is 30.8 Å². The van der Waals surface area contributed by atoms with E-state index in [2.05, 4.69) is 44.2 Å². The number of aromatic nitrogens is 4. The van der Waals surface area contributed by atoms with Crippen LogP contribution in [0.1, 0.15) is 35.8 Å². The van der Waals surface area contributed by atoms with Gasteiger partial charge in [0, 0.05) is 31.9 Å². The maximum Gasteiger partial charge on any atom is 0.280 e. The van der Waals surface area contributed by atoms with Crippen molar-refractivity contribution in [2.24, 2.45) is 18.0 Å². The lowest BCUT2D eigenvalue weighted by atomic mass is 10.1. The lowest BCUT2D eigenvalue weighted by Gasteiger charge is -2.24. The molecule has 3 aromatic rings. The zero-order chi connectivity index (χ0) is 23.1. The molecule has 0 saturated heterocycles. The third kappa shape index (κ3) is 3.83. The number of anilines is 2. The number of amides is 1. The van der Waals surface area contributed by atoms with Crippen LogP contribution in [0.4, 0.5) is 11.4 Å². The summed E-state index contributed by atoms with van der Waals surface area (Å²) in [5.74, 6) is 1.23. The second-order valence-electron chi connectivity index (χ2n) is 8.72. The lowest BCUT2D eigenvalue weighted by Crippen LogP contribution is -2.39. The molecule has 4 heterocycles. The van der Waals surface area contributed by atoms with E-state index in [0.29, 0.717) is 47.0 Å². The normalized spacial score (nSPS) is 18.5. The van der Waals surface area contributed by atoms with E-state index in [1.165, 1.54) is 0 Å². The second kappa shape index (κ2) is 8.31. The predicted octanol–water partition coefficient (Wildman–Crippen LogP) is 3.45. The molecular weight excluding hydrogens is 418 g/mol. The van der Waals surface area contributed by atoms with Gasteiger partial charge in [0.2, 0.25) is 11.8 Å². The fourth-order valence-corrected chi connectivity index (χ4v) is 4.43. The number of para-hydroxylation sites is 2. The van der Waals surface area contributed by atoms with Crippen LogP contribution in [0.15, 0.2) is 41.4 Å². The molecule has 1 amide bonds. The summed E-state index contributed by atoms with van der Waals surface area (Å²) in [6.45, 7) is 5.37. The zero-order valence-corrected chi connectivity index (χ0v) is 19.3. The molecule has 33 heavy (non-hydrogen) atoms. The smallest absolute Gasteiger partial charge is 0.280 e. The van der Waals surface area contributed by atoms with Gasteiger partial charge in [0.25, 0.3) is 5.91 Å². The summed E-state index contributed by atoms with van der Waals surface area (Å²) in [4.78, 5) is 26.7. The number of benzene rings is 1. The summed E-state index contributed by atoms with van der Waals surface area (Å²) in [6.07, 6.45) is 1.85. The molecular formula is C24H27N7O2. The summed E-state index contributed by atoms with van der Waals surface area (Å²) in [7, 11) is 3.74. The topological polar surface area (TPSA) is 88.7 Å². The molecule has 0 radical (unpaired) electrons. The number of hydrogen-bond acceptors (Lipinski definition) is 7. The summed E-state index contributed by atoms with van der Waals surface area (Å²) in [5.41, 5.74) is 4.33. The molecule has 0 aliphatic carbocycles. The standard InChI is InChI=1S/C24H27N7O2/c1-15-8-7-11-33-23-21(27-28-30(23)4)18-13-17(12-16(2)25-18)22(32)26-24-29(3)19-9-5-6-10-20(19)31(24)14-15/h5-6,9-10,12-13,15H,7-8,11,14H2,1-4H3/t15-/m1/s1. The SMILES string of the molecule is Cc1cc2cc(n1)-c1nnn(C)c1OCCC[C@@H](C)CN1C(=NC2=O)N(C)c2ccccc21. The average molecular weight is 446 g/mol. The van der Waals surface area contributed by atoms with Crippen LogP contribution in [0.2, 0.25) is 0 Å². The van der Waals surface area contributed by atoms with Crippen molar-refractivity contribution in [3.8, 4) is 17.3 Å². The van der Waals surface area contributed by atoms with Crippen molar-refractivity contribution >= 4 is 23.2 Å². The first-order chi connectivity index (χ1) is 15.9. The number of carbonyl (C=O) groups is 1. The van der Waals surface area contributed by atoms with Crippen LogP contribution in [0.5, 0.6) is 5.88 Å². The first-order valence-corrected chi connectivity index (χ1v) is 11.2. The summed E-state index contributed by atoms with van der Waals surface area (Å²) in [6, 6.07) is 11.6. The third-order valence-electron chi connectivity index (χ3n) is 6.07. The van der Waals surface area contributed by atoms with Crippen LogP contribution in [0, 0.1) is 12.8 Å². The van der Waals surface area contributed by atoms with Crippen molar-refractivity contribution in [2.75, 3.05) is 30.0 Å². The van der Waals surface area contributed by atoms with Crippen molar-refractivity contribution in [3.05, 3.63) is 47.7 Å². The maximum atomic E-state index is 13.4. The molecule has 0 fully saturated rings. The largest absolute Gasteiger partial charge is 0.476 e. The van der Waals surface area contributed by atoms with Gasteiger partial charge in [-0.2, -0.15) is 4.99 Å². The summed E-state index contributed by atoms with van der Waals surface area (Å²) >= 11 is 0. The molecule has 0 spiro atoms. The Bertz CT molecular complexity index is 1250. The maximum absolute atomic E-state index is 13.4. The molecule has 0 N–H and O–H groups in total. The lowest BCUT2D eigenvalue weighted by molar-refractivity contribution is 0.100. The van der Waals surface area contributed by atoms with Gasteiger partial charge in [-0.05, 0) is 49.9 Å². The molecule has 2 aromatic heterocycles. The highest BCUT2D eigenvalue weighted by Gasteiger charge is 2.32. The molecule has 9 heteroatoms. The molecule has 2 aliphatic rings. The highest BCUT2D eigenvalue weighted by atomic mass is 16.5. The Kier molecular flexibility index (Phi) is 5.32. The number of hydrogen-bond donors (Lipinski definition) is 0. The van der Waals surface area contributed by atoms with E-state index in [1.54, 1.807) is 23.9 Å². The first kappa shape index (κ1) is 21.1. The van der Waals surface area contributed by atoms with E-state index in [4.69, 9.17) is 4.74 Å². The highest BCUT2D eigenvalue weighted by molar-refractivity contribution is 6.20. The minimum absolute atomic E-state index is 0.324. The monoisotopic (exact) mass is 445 g/mol. The molecule has 170 valence electrons. The van der Waals surface area contributed by atoms with Gasteiger partial charge in [-0.15, -0.1) is 5.10 Å². The molecule has 2 aliphatic heterocycles. The fraction of sp³-hybridized carbons (Fsp3) is 0.375. The number of fused-ring (bicyclic) bond motifs is 7. The summed E-state index contributed by atoms with van der Waals surface area (Å²) in [5, 5.41) is 8.36. The summed E-state index contributed by atoms with van der Waals surface area (Å²) < 4.78 is 7.67. The van der Waals surface area contributed by atoms with Gasteiger partial charge in [-0.3, -0.25) is 9.78 Å². The average Bonchev–Trinajstić information content (AvgIpc) is 3.29. The van der Waals surface area contributed by atoms with Gasteiger partial charge >= 0.3 is 0 Å². The highest BCUT2D eigenvalue weighted by Crippen LogP contribution is 2.37. The molecule has 9 nitrogen and oxygen atoms in total. The van der Waals surface area contributed by atoms with Gasteiger partial charge in [-0.1, -0.05) is 24.3 Å². The molecule has 1 atom stereocenters. The number of guanidine groups is 1. The number of carbonyl (C=O) groups excluding carboxylic acids is 1. The van der Waals surface area contributed by atoms with Crippen molar-refractivity contribution in [1.82, 2.24) is 20.0 Å². The Balaban J connectivity index is 1.63. The fourth-order valence-electron chi connectivity index (χ4n) is 4.43. The number of ether oxygens (including phenoxy) is 1. The third-order valence-corrected chi connectivity index (χ3v) is 6.07. The van der Waals surface area contributed by atoms with Gasteiger partial charge in [-0.25, -0.2) is 4.68 Å². The Morgan fingerprint density at radius 2 is 1.91 bits per heavy atom. The van der Waals surface area contributed by atoms with Crippen LogP contribution in [-0.4, -0.2) is 52.0 Å². The molecule has 5 rings (SSSR count). The number of aryl methyl sites for hydroxylation is 2. The zero-order valence-electron chi connectivity index (χ0n) is 19.3. The van der Waals surface area contributed by atoms with Crippen LogP contribution in [-0.2, 0) is 7.05 Å². The molecule has 0 unspecified atom stereocenters. The van der Waals surface area contributed by atoms with E-state index in [-0.39, 0.29) is 5.91 Å². The van der Waals surface area contributed by atoms with Crippen molar-refractivity contribution in [1.29, 1.82) is 0 Å². The van der Waals surface area contributed by atoms with Crippen molar-refractivity contribution < 1.29 is 9.53 Å². The second-order valence-corrected chi connectivity index (χ2v) is 8.72. The van der Waals surface area contributed by atoms with E-state index < -0.39 is 0 Å². The van der Waals surface area contributed by atoms with E-state index in [1.807, 2.05) is 31.0 Å². The van der Waals surface area contributed by atoms with Gasteiger partial charge in [0.15, 0.2) is 5.69 Å². The Morgan fingerprint density at radius 1 is 1.12 bits per heavy atom. The van der Waals surface area contributed by atoms with Crippen molar-refractivity contribution in [2.45, 2.75) is 26.7 Å². The number of nitrogens with zero attached hydrogens (tertiary/aromatic N) is 7. The van der Waals surface area contributed by atoms with Crippen LogP contribution >= 0.6 is 0 Å². The predicted molar refractivity (Wildman–Crippen MR) is 127 cm³/mol. The quantitative estimate of drug-likeness (QED) is 0.524. The Morgan fingerprint density at radius 3 is 2.73 bits per heavy atom. The van der Waals surface area contributed by atoms with E-state index in [9.17, 15) is 4.79 Å². The molecule has 1 aromatic carbocycles. The van der Waals surface area contributed by atoms with Crippen LogP contribution in [0.25, 0.3) is 11.4 Å². The molecule has 0 saturated carbocycles. The van der Waals surface area contributed by atoms with Gasteiger partial charge in [0.1, 0.15) is 0 Å². The van der Waals surface area contributed by atoms with Gasteiger partial charge in [0.05, 0.1) is 23.7 Å². The van der Waals surface area contributed by atoms with Gasteiger partial charge < -0.3 is 14.5 Å². The minimum atomic E-state index is -0.324. The van der Waals surface area contributed by atoms with Crippen molar-refractivity contribution in [3.63, 3.8) is 0 Å². The first-order valence-electron chi connectivity index (χ1n) is 11.2. The van der Waals surface area contributed by atoms with Crippen LogP contribution < -0.4 is 14.5 Å². The number of pyridine rings is 1. The Labute approximate surface area is 192 Å². The number of rotatable bonds is 0. The number of aliphatic imine (C=N–C) groups is 1. The minimum Gasteiger partial charge on any atom is -0.476 e. The van der Waals surface area contributed by atoms with E-state index >= 15 is 0 Å². The van der Waals surface area contributed by atoms with Crippen LogP contribution in [0.3, 0.4) is 0 Å². The Hall–Kier alpha value is -3.75. The molecule has 2 bridgehead atoms.